The summed E-state index contributed by atoms with van der Waals surface area (Å²) in [6, 6.07) is 3.50. The molecule has 6 nitrogen and oxygen atoms in total. The largest absolute Gasteiger partial charge is 0.339 e. The van der Waals surface area contributed by atoms with E-state index in [4.69, 9.17) is 4.52 Å². The Labute approximate surface area is 164 Å². The van der Waals surface area contributed by atoms with E-state index in [2.05, 4.69) is 15.1 Å². The number of aromatic nitrogens is 3. The molecule has 0 spiro atoms. The molecule has 1 unspecified atom stereocenters. The van der Waals surface area contributed by atoms with Gasteiger partial charge in [-0.2, -0.15) is 4.98 Å². The van der Waals surface area contributed by atoms with Crippen molar-refractivity contribution in [1.29, 1.82) is 0 Å². The van der Waals surface area contributed by atoms with Crippen molar-refractivity contribution in [3.63, 3.8) is 0 Å². The van der Waals surface area contributed by atoms with Gasteiger partial charge in [0, 0.05) is 30.9 Å². The van der Waals surface area contributed by atoms with Crippen molar-refractivity contribution in [2.45, 2.75) is 63.5 Å². The van der Waals surface area contributed by atoms with Crippen LogP contribution in [0.25, 0.3) is 11.4 Å². The minimum absolute atomic E-state index is 0.00548. The van der Waals surface area contributed by atoms with Crippen molar-refractivity contribution >= 4 is 5.91 Å². The summed E-state index contributed by atoms with van der Waals surface area (Å²) in [4.78, 5) is 22.5. The Balaban J connectivity index is 1.39. The molecule has 1 saturated heterocycles. The number of hydrogen-bond acceptors (Lipinski definition) is 5. The first-order valence-electron chi connectivity index (χ1n) is 10.4. The lowest BCUT2D eigenvalue weighted by molar-refractivity contribution is -0.136. The number of likely N-dealkylation sites (tertiary alicyclic amines) is 1. The summed E-state index contributed by atoms with van der Waals surface area (Å²) in [7, 11) is 0. The Morgan fingerprint density at radius 1 is 1.21 bits per heavy atom. The van der Waals surface area contributed by atoms with Gasteiger partial charge in [0.15, 0.2) is 0 Å². The van der Waals surface area contributed by atoms with Crippen LogP contribution in [-0.2, 0) is 10.5 Å². The Morgan fingerprint density at radius 2 is 2.00 bits per heavy atom. The van der Waals surface area contributed by atoms with Gasteiger partial charge in [-0.1, -0.05) is 37.3 Å². The maximum Gasteiger partial charge on any atom is 0.266 e. The second-order valence-corrected chi connectivity index (χ2v) is 8.09. The zero-order valence-electron chi connectivity index (χ0n) is 16.1. The van der Waals surface area contributed by atoms with Crippen molar-refractivity contribution < 1.29 is 13.7 Å². The highest BCUT2D eigenvalue weighted by Gasteiger charge is 2.43. The van der Waals surface area contributed by atoms with E-state index in [1.165, 1.54) is 32.1 Å². The molecule has 0 N–H and O–H groups in total. The van der Waals surface area contributed by atoms with Gasteiger partial charge in [-0.05, 0) is 37.3 Å². The number of pyridine rings is 1. The third-order valence-corrected chi connectivity index (χ3v) is 6.03. The maximum absolute atomic E-state index is 15.6. The van der Waals surface area contributed by atoms with Crippen LogP contribution < -0.4 is 0 Å². The lowest BCUT2D eigenvalue weighted by Gasteiger charge is -2.35. The smallest absolute Gasteiger partial charge is 0.266 e. The van der Waals surface area contributed by atoms with Crippen LogP contribution in [0.1, 0.15) is 63.7 Å². The van der Waals surface area contributed by atoms with E-state index in [1.54, 1.807) is 29.4 Å². The fraction of sp³-hybridized carbons (Fsp3) is 0.619. The monoisotopic (exact) mass is 386 g/mol. The van der Waals surface area contributed by atoms with Crippen LogP contribution >= 0.6 is 0 Å². The summed E-state index contributed by atoms with van der Waals surface area (Å²) >= 11 is 0. The number of rotatable bonds is 5. The summed E-state index contributed by atoms with van der Waals surface area (Å²) < 4.78 is 20.9. The van der Waals surface area contributed by atoms with E-state index >= 15 is 4.39 Å². The maximum atomic E-state index is 15.6. The fourth-order valence-corrected chi connectivity index (χ4v) is 4.38. The van der Waals surface area contributed by atoms with Crippen molar-refractivity contribution in [1.82, 2.24) is 20.0 Å². The second-order valence-electron chi connectivity index (χ2n) is 8.09. The molecule has 2 aliphatic rings. The quantitative estimate of drug-likeness (QED) is 0.767. The van der Waals surface area contributed by atoms with Crippen LogP contribution in [-0.4, -0.2) is 39.0 Å². The van der Waals surface area contributed by atoms with Crippen LogP contribution in [0.5, 0.6) is 0 Å². The van der Waals surface area contributed by atoms with E-state index in [0.29, 0.717) is 31.1 Å². The van der Waals surface area contributed by atoms with Crippen molar-refractivity contribution in [3.05, 3.63) is 30.4 Å². The molecule has 1 saturated carbocycles. The highest BCUT2D eigenvalue weighted by atomic mass is 19.1. The van der Waals surface area contributed by atoms with Crippen molar-refractivity contribution in [2.75, 3.05) is 13.1 Å². The van der Waals surface area contributed by atoms with E-state index in [9.17, 15) is 4.79 Å². The number of carbonyl (C=O) groups excluding carboxylic acids is 1. The summed E-state index contributed by atoms with van der Waals surface area (Å²) in [6.07, 6.45) is 11.9. The molecule has 4 rings (SSSR count). The highest BCUT2D eigenvalue weighted by Crippen LogP contribution is 2.36. The molecule has 2 aromatic rings. The number of amides is 1. The number of alkyl halides is 1. The van der Waals surface area contributed by atoms with Gasteiger partial charge in [0.05, 0.1) is 6.54 Å². The molecule has 2 aromatic heterocycles. The van der Waals surface area contributed by atoms with Crippen LogP contribution in [0.3, 0.4) is 0 Å². The SMILES string of the molecule is O=C(CCC1CCCCC1)N1CCCC(F)(c2nc(-c3ccncc3)no2)C1. The zero-order valence-corrected chi connectivity index (χ0v) is 16.1. The third kappa shape index (κ3) is 4.23. The minimum atomic E-state index is -1.78. The molecule has 150 valence electrons. The van der Waals surface area contributed by atoms with E-state index in [0.717, 1.165) is 12.0 Å². The minimum Gasteiger partial charge on any atom is -0.339 e. The number of piperidine rings is 1. The molecule has 1 amide bonds. The molecule has 0 radical (unpaired) electrons. The molecule has 28 heavy (non-hydrogen) atoms. The van der Waals surface area contributed by atoms with E-state index in [-0.39, 0.29) is 24.8 Å². The number of nitrogens with zero attached hydrogens (tertiary/aromatic N) is 4. The van der Waals surface area contributed by atoms with Crippen LogP contribution in [0, 0.1) is 5.92 Å². The van der Waals surface area contributed by atoms with Gasteiger partial charge in [-0.25, -0.2) is 4.39 Å². The Bertz CT molecular complexity index is 791. The summed E-state index contributed by atoms with van der Waals surface area (Å²) in [5, 5.41) is 3.92. The normalized spacial score (nSPS) is 23.7. The third-order valence-electron chi connectivity index (χ3n) is 6.03. The summed E-state index contributed by atoms with van der Waals surface area (Å²) in [5.74, 6) is 0.997. The van der Waals surface area contributed by atoms with Gasteiger partial charge in [0.1, 0.15) is 0 Å². The average molecular weight is 386 g/mol. The van der Waals surface area contributed by atoms with Gasteiger partial charge in [0.25, 0.3) is 5.89 Å². The van der Waals surface area contributed by atoms with Gasteiger partial charge in [-0.15, -0.1) is 0 Å². The van der Waals surface area contributed by atoms with E-state index < -0.39 is 5.67 Å². The lowest BCUT2D eigenvalue weighted by atomic mass is 9.86. The van der Waals surface area contributed by atoms with E-state index in [1.807, 2.05) is 0 Å². The van der Waals surface area contributed by atoms with Crippen molar-refractivity contribution in [3.8, 4) is 11.4 Å². The molecule has 3 heterocycles. The molecule has 1 atom stereocenters. The Morgan fingerprint density at radius 3 is 2.79 bits per heavy atom. The Hall–Kier alpha value is -2.31. The van der Waals surface area contributed by atoms with Gasteiger partial charge in [0.2, 0.25) is 17.4 Å². The van der Waals surface area contributed by atoms with Gasteiger partial charge < -0.3 is 9.42 Å². The van der Waals surface area contributed by atoms with Crippen LogP contribution in [0.15, 0.2) is 29.0 Å². The zero-order chi connectivity index (χ0) is 19.4. The number of hydrogen-bond donors (Lipinski definition) is 0. The number of carbonyl (C=O) groups is 1. The first kappa shape index (κ1) is 19.0. The standard InChI is InChI=1S/C21H27FN4O2/c22-21(20-24-19(25-28-20)17-9-12-23-13-10-17)11-4-14-26(15-21)18(27)8-7-16-5-2-1-3-6-16/h9-10,12-13,16H,1-8,11,14-15H2. The highest BCUT2D eigenvalue weighted by molar-refractivity contribution is 5.76. The second kappa shape index (κ2) is 8.37. The molecule has 0 aromatic carbocycles. The molecule has 0 bridgehead atoms. The molecule has 2 fully saturated rings. The molecular weight excluding hydrogens is 359 g/mol. The summed E-state index contributed by atoms with van der Waals surface area (Å²) in [5.41, 5.74) is -1.05. The topological polar surface area (TPSA) is 72.1 Å². The lowest BCUT2D eigenvalue weighted by Crippen LogP contribution is -2.46. The first-order valence-corrected chi connectivity index (χ1v) is 10.4. The summed E-state index contributed by atoms with van der Waals surface area (Å²) in [6.45, 7) is 0.592. The van der Waals surface area contributed by atoms with Crippen LogP contribution in [0.2, 0.25) is 0 Å². The predicted molar refractivity (Wildman–Crippen MR) is 102 cm³/mol. The predicted octanol–water partition coefficient (Wildman–Crippen LogP) is 4.28. The first-order chi connectivity index (χ1) is 13.6. The Kier molecular flexibility index (Phi) is 5.69. The van der Waals surface area contributed by atoms with Crippen molar-refractivity contribution in [2.24, 2.45) is 5.92 Å². The number of halogens is 1. The fourth-order valence-electron chi connectivity index (χ4n) is 4.38. The molecule has 7 heteroatoms. The average Bonchev–Trinajstić information content (AvgIpc) is 3.25. The van der Waals surface area contributed by atoms with Crippen LogP contribution in [0.4, 0.5) is 4.39 Å². The molecular formula is C21H27FN4O2. The van der Waals surface area contributed by atoms with Gasteiger partial charge in [-0.3, -0.25) is 9.78 Å². The van der Waals surface area contributed by atoms with Gasteiger partial charge >= 0.3 is 0 Å². The molecule has 1 aliphatic heterocycles. The molecule has 1 aliphatic carbocycles.